The van der Waals surface area contributed by atoms with Crippen molar-refractivity contribution in [3.63, 3.8) is 0 Å². The average Bonchev–Trinajstić information content (AvgIpc) is 3.31. The molecule has 1 fully saturated rings. The van der Waals surface area contributed by atoms with Crippen LogP contribution >= 0.6 is 0 Å². The fourth-order valence-corrected chi connectivity index (χ4v) is 3.86. The molecule has 1 saturated heterocycles. The Hall–Kier alpha value is -2.42. The van der Waals surface area contributed by atoms with E-state index in [0.717, 1.165) is 12.8 Å². The summed E-state index contributed by atoms with van der Waals surface area (Å²) in [6.45, 7) is 1.37. The largest absolute Gasteiger partial charge is 0.497 e. The second-order valence-electron chi connectivity index (χ2n) is 5.76. The summed E-state index contributed by atoms with van der Waals surface area (Å²) in [7, 11) is -1.97. The van der Waals surface area contributed by atoms with Crippen molar-refractivity contribution in [2.75, 3.05) is 26.0 Å². The third-order valence-electron chi connectivity index (χ3n) is 4.06. The lowest BCUT2D eigenvalue weighted by atomic mass is 10.3. The molecule has 2 heterocycles. The predicted octanol–water partition coefficient (Wildman–Crippen LogP) is 1.33. The number of hydrogen-bond donors (Lipinski definition) is 0. The van der Waals surface area contributed by atoms with Gasteiger partial charge in [-0.3, -0.25) is 4.79 Å². The molecule has 134 valence electrons. The van der Waals surface area contributed by atoms with Crippen molar-refractivity contribution in [3.05, 3.63) is 36.0 Å². The molecule has 2 aromatic rings. The van der Waals surface area contributed by atoms with Gasteiger partial charge in [0.15, 0.2) is 15.7 Å². The summed E-state index contributed by atoms with van der Waals surface area (Å²) in [5.41, 5.74) is 0. The molecule has 9 heteroatoms. The fraction of sp³-hybridized carbons (Fsp3) is 0.438. The highest BCUT2D eigenvalue weighted by Gasteiger charge is 2.25. The quantitative estimate of drug-likeness (QED) is 0.761. The Morgan fingerprint density at radius 2 is 1.92 bits per heavy atom. The molecule has 3 rings (SSSR count). The Morgan fingerprint density at radius 3 is 2.56 bits per heavy atom. The van der Waals surface area contributed by atoms with Gasteiger partial charge in [-0.2, -0.15) is 4.98 Å². The van der Waals surface area contributed by atoms with Crippen molar-refractivity contribution >= 4 is 15.7 Å². The molecule has 25 heavy (non-hydrogen) atoms. The summed E-state index contributed by atoms with van der Waals surface area (Å²) in [6.07, 6.45) is 2.00. The normalized spacial score (nSPS) is 14.7. The molecule has 1 amide bonds. The molecular formula is C16H19N3O5S. The Bertz CT molecular complexity index is 839. The molecule has 0 N–H and O–H groups in total. The predicted molar refractivity (Wildman–Crippen MR) is 88.2 cm³/mol. The van der Waals surface area contributed by atoms with Gasteiger partial charge in [0.05, 0.1) is 17.8 Å². The van der Waals surface area contributed by atoms with Gasteiger partial charge in [0.2, 0.25) is 0 Å². The van der Waals surface area contributed by atoms with Crippen molar-refractivity contribution in [3.8, 4) is 5.75 Å². The fourth-order valence-electron chi connectivity index (χ4n) is 2.62. The second-order valence-corrected chi connectivity index (χ2v) is 7.87. The summed E-state index contributed by atoms with van der Waals surface area (Å²) < 4.78 is 34.7. The maximum absolute atomic E-state index is 12.4. The van der Waals surface area contributed by atoms with E-state index in [1.165, 1.54) is 19.2 Å². The Kier molecular flexibility index (Phi) is 5.03. The summed E-state index contributed by atoms with van der Waals surface area (Å²) in [5, 5.41) is 3.71. The number of likely N-dealkylation sites (tertiary alicyclic amines) is 1. The molecule has 0 radical (unpaired) electrons. The maximum Gasteiger partial charge on any atom is 0.316 e. The number of amides is 1. The molecule has 8 nitrogen and oxygen atoms in total. The van der Waals surface area contributed by atoms with E-state index in [1.807, 2.05) is 0 Å². The maximum atomic E-state index is 12.4. The molecule has 1 aliphatic rings. The van der Waals surface area contributed by atoms with Crippen molar-refractivity contribution in [1.82, 2.24) is 15.0 Å². The third kappa shape index (κ3) is 3.98. The van der Waals surface area contributed by atoms with E-state index in [2.05, 4.69) is 10.1 Å². The van der Waals surface area contributed by atoms with Crippen LogP contribution in [0.3, 0.4) is 0 Å². The van der Waals surface area contributed by atoms with E-state index in [0.29, 0.717) is 18.8 Å². The monoisotopic (exact) mass is 365 g/mol. The first kappa shape index (κ1) is 17.4. The van der Waals surface area contributed by atoms with E-state index in [4.69, 9.17) is 9.26 Å². The van der Waals surface area contributed by atoms with Crippen LogP contribution in [0.15, 0.2) is 33.7 Å². The van der Waals surface area contributed by atoms with Gasteiger partial charge in [0.1, 0.15) is 5.75 Å². The Morgan fingerprint density at radius 1 is 1.24 bits per heavy atom. The van der Waals surface area contributed by atoms with Gasteiger partial charge < -0.3 is 14.2 Å². The van der Waals surface area contributed by atoms with Crippen molar-refractivity contribution in [2.45, 2.75) is 24.2 Å². The second kappa shape index (κ2) is 7.22. The van der Waals surface area contributed by atoms with Gasteiger partial charge in [-0.15, -0.1) is 0 Å². The van der Waals surface area contributed by atoms with E-state index in [1.54, 1.807) is 17.0 Å². The Balaban J connectivity index is 1.63. The van der Waals surface area contributed by atoms with E-state index < -0.39 is 9.84 Å². The molecule has 0 unspecified atom stereocenters. The van der Waals surface area contributed by atoms with E-state index >= 15 is 0 Å². The van der Waals surface area contributed by atoms with Crippen molar-refractivity contribution in [2.24, 2.45) is 0 Å². The lowest BCUT2D eigenvalue weighted by Crippen LogP contribution is -2.27. The van der Waals surface area contributed by atoms with Crippen LogP contribution in [0.1, 0.15) is 29.4 Å². The first-order valence-electron chi connectivity index (χ1n) is 7.98. The minimum Gasteiger partial charge on any atom is -0.497 e. The SMILES string of the molecule is COc1ccc(S(=O)(=O)CCc2noc(C(=O)N3CCCC3)n2)cc1. The molecule has 1 aromatic heterocycles. The minimum absolute atomic E-state index is 0.0745. The number of rotatable bonds is 6. The standard InChI is InChI=1S/C16H19N3O5S/c1-23-12-4-6-13(7-5-12)25(21,22)11-8-14-17-15(24-18-14)16(20)19-9-2-3-10-19/h4-7H,2-3,8-11H2,1H3. The highest BCUT2D eigenvalue weighted by atomic mass is 32.2. The number of aryl methyl sites for hydroxylation is 1. The van der Waals surface area contributed by atoms with Crippen LogP contribution in [0.5, 0.6) is 5.75 Å². The molecule has 0 bridgehead atoms. The topological polar surface area (TPSA) is 103 Å². The van der Waals surface area contributed by atoms with Crippen molar-refractivity contribution in [1.29, 1.82) is 0 Å². The zero-order valence-corrected chi connectivity index (χ0v) is 14.7. The molecular weight excluding hydrogens is 346 g/mol. The smallest absolute Gasteiger partial charge is 0.316 e. The molecule has 0 atom stereocenters. The lowest BCUT2D eigenvalue weighted by Gasteiger charge is -2.10. The zero-order chi connectivity index (χ0) is 17.9. The van der Waals surface area contributed by atoms with Gasteiger partial charge in [-0.05, 0) is 37.1 Å². The van der Waals surface area contributed by atoms with Crippen LogP contribution in [0, 0.1) is 0 Å². The van der Waals surface area contributed by atoms with Gasteiger partial charge in [-0.1, -0.05) is 5.16 Å². The molecule has 0 spiro atoms. The van der Waals surface area contributed by atoms with Crippen LogP contribution in [-0.4, -0.2) is 55.3 Å². The van der Waals surface area contributed by atoms with Crippen LogP contribution in [0.4, 0.5) is 0 Å². The number of nitrogens with zero attached hydrogens (tertiary/aromatic N) is 3. The number of carbonyl (C=O) groups excluding carboxylic acids is 1. The van der Waals surface area contributed by atoms with Gasteiger partial charge in [-0.25, -0.2) is 8.42 Å². The first-order valence-corrected chi connectivity index (χ1v) is 9.63. The highest BCUT2D eigenvalue weighted by Crippen LogP contribution is 2.17. The number of sulfone groups is 1. The van der Waals surface area contributed by atoms with Gasteiger partial charge in [0.25, 0.3) is 0 Å². The summed E-state index contributed by atoms with van der Waals surface area (Å²) in [4.78, 5) is 18.0. The van der Waals surface area contributed by atoms with Crippen LogP contribution in [-0.2, 0) is 16.3 Å². The lowest BCUT2D eigenvalue weighted by molar-refractivity contribution is 0.0743. The number of benzene rings is 1. The zero-order valence-electron chi connectivity index (χ0n) is 13.8. The molecule has 0 saturated carbocycles. The first-order chi connectivity index (χ1) is 12.0. The van der Waals surface area contributed by atoms with E-state index in [-0.39, 0.29) is 34.7 Å². The van der Waals surface area contributed by atoms with Gasteiger partial charge in [0, 0.05) is 19.5 Å². The van der Waals surface area contributed by atoms with Crippen LogP contribution in [0.25, 0.3) is 0 Å². The Labute approximate surface area is 145 Å². The molecule has 0 aliphatic carbocycles. The van der Waals surface area contributed by atoms with E-state index in [9.17, 15) is 13.2 Å². The summed E-state index contributed by atoms with van der Waals surface area (Å²) in [5.74, 6) is 0.241. The number of carbonyl (C=O) groups is 1. The molecule has 1 aromatic carbocycles. The number of hydrogen-bond acceptors (Lipinski definition) is 7. The average molecular weight is 365 g/mol. The summed E-state index contributed by atoms with van der Waals surface area (Å²) in [6, 6.07) is 6.17. The number of aromatic nitrogens is 2. The van der Waals surface area contributed by atoms with Gasteiger partial charge >= 0.3 is 11.8 Å². The number of methoxy groups -OCH3 is 1. The minimum atomic E-state index is -3.48. The third-order valence-corrected chi connectivity index (χ3v) is 5.79. The van der Waals surface area contributed by atoms with Crippen LogP contribution < -0.4 is 4.74 Å². The highest BCUT2D eigenvalue weighted by molar-refractivity contribution is 7.91. The summed E-state index contributed by atoms with van der Waals surface area (Å²) >= 11 is 0. The van der Waals surface area contributed by atoms with Crippen molar-refractivity contribution < 1.29 is 22.5 Å². The van der Waals surface area contributed by atoms with Crippen LogP contribution in [0.2, 0.25) is 0 Å². The molecule has 1 aliphatic heterocycles. The number of ether oxygens (including phenoxy) is 1.